The molecule has 0 saturated carbocycles. The van der Waals surface area contributed by atoms with Gasteiger partial charge in [0.1, 0.15) is 13.2 Å². The minimum Gasteiger partial charge on any atom is -0.480 e. The molecule has 0 rings (SSSR count). The third-order valence-electron chi connectivity index (χ3n) is 1.61. The lowest BCUT2D eigenvalue weighted by atomic mass is 10.4. The van der Waals surface area contributed by atoms with Crippen LogP contribution in [0.3, 0.4) is 0 Å². The van der Waals surface area contributed by atoms with Crippen molar-refractivity contribution in [3.8, 4) is 0 Å². The Morgan fingerprint density at radius 2 is 1.94 bits per heavy atom. The number of carboxylic acids is 1. The molecule has 0 bridgehead atoms. The van der Waals surface area contributed by atoms with Gasteiger partial charge in [0.15, 0.2) is 0 Å². The van der Waals surface area contributed by atoms with Crippen LogP contribution in [0, 0.1) is 0 Å². The van der Waals surface area contributed by atoms with E-state index in [0.29, 0.717) is 0 Å². The molecule has 0 radical (unpaired) electrons. The van der Waals surface area contributed by atoms with Crippen LogP contribution in [-0.2, 0) is 18.7 Å². The average molecular weight is 272 g/mol. The monoisotopic (exact) mass is 272 g/mol. The molecule has 0 aromatic heterocycles. The summed E-state index contributed by atoms with van der Waals surface area (Å²) in [6, 6.07) is 0. The average Bonchev–Trinajstić information content (AvgIpc) is 2.08. The van der Waals surface area contributed by atoms with Crippen LogP contribution in [0.2, 0.25) is 0 Å². The normalized spacial score (nSPS) is 14.1. The summed E-state index contributed by atoms with van der Waals surface area (Å²) in [5.74, 6) is -2.14. The van der Waals surface area contributed by atoms with Gasteiger partial charge in [-0.05, 0) is 0 Å². The molecule has 1 amide bonds. The largest absolute Gasteiger partial charge is 0.480 e. The van der Waals surface area contributed by atoms with Crippen LogP contribution in [0.1, 0.15) is 6.42 Å². The van der Waals surface area contributed by atoms with Gasteiger partial charge in [0.25, 0.3) is 5.40 Å². The fourth-order valence-electron chi connectivity index (χ4n) is 0.871. The zero-order chi connectivity index (χ0) is 12.9. The number of carbonyl (C=O) groups excluding carboxylic acids is 1. The molecule has 4 N–H and O–H groups in total. The van der Waals surface area contributed by atoms with E-state index in [4.69, 9.17) is 14.9 Å². The summed E-state index contributed by atoms with van der Waals surface area (Å²) in [5, 5.41) is 8.60. The maximum atomic E-state index is 11.1. The van der Waals surface area contributed by atoms with Crippen LogP contribution < -0.4 is 5.32 Å². The van der Waals surface area contributed by atoms with Crippen LogP contribution in [0.15, 0.2) is 0 Å². The van der Waals surface area contributed by atoms with E-state index in [1.807, 2.05) is 5.32 Å². The molecule has 0 fully saturated rings. The van der Waals surface area contributed by atoms with Crippen molar-refractivity contribution >= 4 is 27.3 Å². The third kappa shape index (κ3) is 5.92. The van der Waals surface area contributed by atoms with Crippen LogP contribution in [0.5, 0.6) is 0 Å². The van der Waals surface area contributed by atoms with E-state index in [9.17, 15) is 18.7 Å². The van der Waals surface area contributed by atoms with Crippen molar-refractivity contribution < 1.29 is 33.6 Å². The number of carbonyl (C=O) groups is 2. The fourth-order valence-corrected chi connectivity index (χ4v) is 3.39. The Morgan fingerprint density at radius 1 is 1.44 bits per heavy atom. The van der Waals surface area contributed by atoms with Gasteiger partial charge in [-0.2, -0.15) is 0 Å². The summed E-state index contributed by atoms with van der Waals surface area (Å²) < 4.78 is 21.9. The molecule has 0 aromatic rings. The Labute approximate surface area is 92.0 Å². The lowest BCUT2D eigenvalue weighted by molar-refractivity contribution is -0.137. The predicted molar refractivity (Wildman–Crippen MR) is 54.6 cm³/mol. The maximum absolute atomic E-state index is 11.1. The van der Waals surface area contributed by atoms with Crippen molar-refractivity contribution in [3.05, 3.63) is 0 Å². The van der Waals surface area contributed by atoms with Crippen LogP contribution in [0.25, 0.3) is 0 Å². The van der Waals surface area contributed by atoms with E-state index in [2.05, 4.69) is 0 Å². The molecule has 0 heterocycles. The van der Waals surface area contributed by atoms with Gasteiger partial charge in [-0.1, -0.05) is 4.57 Å². The summed E-state index contributed by atoms with van der Waals surface area (Å²) in [6.07, 6.45) is -0.663. The van der Waals surface area contributed by atoms with E-state index < -0.39 is 45.6 Å². The van der Waals surface area contributed by atoms with E-state index in [0.717, 1.165) is 6.66 Å². The first-order valence-corrected chi connectivity index (χ1v) is 7.54. The van der Waals surface area contributed by atoms with Gasteiger partial charge in [0, 0.05) is 0 Å². The van der Waals surface area contributed by atoms with Crippen molar-refractivity contribution in [2.45, 2.75) is 11.8 Å². The van der Waals surface area contributed by atoms with Crippen LogP contribution >= 0.6 is 15.4 Å². The van der Waals surface area contributed by atoms with Crippen molar-refractivity contribution in [1.29, 1.82) is 0 Å². The standard InChI is InChI=1S/C6H11NO7P2/c1-15(11)6(16(12,13)14)2-4(8)7-3-5(9)10/h6H,2-3H2,1H3,(H3-,7,8,9,10,12,13,14)/p+1. The van der Waals surface area contributed by atoms with E-state index in [1.54, 1.807) is 0 Å². The molecular formula is C6H12NO7P2+. The van der Waals surface area contributed by atoms with Crippen molar-refractivity contribution in [2.75, 3.05) is 13.2 Å². The quantitative estimate of drug-likeness (QED) is 0.479. The second-order valence-electron chi connectivity index (χ2n) is 2.99. The second-order valence-corrected chi connectivity index (χ2v) is 6.92. The highest BCUT2D eigenvalue weighted by Crippen LogP contribution is 2.53. The van der Waals surface area contributed by atoms with Gasteiger partial charge < -0.3 is 20.2 Å². The Bertz CT molecular complexity index is 349. The maximum Gasteiger partial charge on any atom is 0.376 e. The summed E-state index contributed by atoms with van der Waals surface area (Å²) in [7, 11) is -6.86. The zero-order valence-electron chi connectivity index (χ0n) is 8.36. The summed E-state index contributed by atoms with van der Waals surface area (Å²) in [6.45, 7) is 0.455. The molecule has 8 nitrogen and oxygen atoms in total. The van der Waals surface area contributed by atoms with Crippen LogP contribution in [-0.4, -0.2) is 45.4 Å². The molecule has 2 atom stereocenters. The number of hydrogen-bond donors (Lipinski definition) is 4. The first-order valence-electron chi connectivity index (χ1n) is 4.08. The minimum absolute atomic E-state index is 0.646. The zero-order valence-corrected chi connectivity index (χ0v) is 10.1. The molecule has 2 unspecified atom stereocenters. The number of nitrogens with one attached hydrogen (secondary N) is 1. The molecule has 16 heavy (non-hydrogen) atoms. The number of amides is 1. The van der Waals surface area contributed by atoms with Gasteiger partial charge in [-0.25, -0.2) is 0 Å². The first-order chi connectivity index (χ1) is 7.14. The Kier molecular flexibility index (Phi) is 5.75. The van der Waals surface area contributed by atoms with Crippen LogP contribution in [0.4, 0.5) is 0 Å². The molecule has 10 heteroatoms. The minimum atomic E-state index is -4.63. The molecule has 0 spiro atoms. The third-order valence-corrected chi connectivity index (χ3v) is 5.47. The second kappa shape index (κ2) is 6.06. The predicted octanol–water partition coefficient (Wildman–Crippen LogP) is -0.462. The summed E-state index contributed by atoms with van der Waals surface area (Å²) in [5.41, 5.74) is 0. The molecular weight excluding hydrogens is 260 g/mol. The molecule has 0 aliphatic carbocycles. The van der Waals surface area contributed by atoms with E-state index >= 15 is 0 Å². The van der Waals surface area contributed by atoms with Crippen molar-refractivity contribution in [2.24, 2.45) is 0 Å². The lowest BCUT2D eigenvalue weighted by Crippen LogP contribution is -2.31. The van der Waals surface area contributed by atoms with Gasteiger partial charge >= 0.3 is 21.4 Å². The van der Waals surface area contributed by atoms with Gasteiger partial charge in [-0.3, -0.25) is 14.2 Å². The van der Waals surface area contributed by atoms with Crippen molar-refractivity contribution in [3.63, 3.8) is 0 Å². The SMILES string of the molecule is C[P+](=O)C(CC(=O)NCC(=O)O)P(=O)(O)O. The highest BCUT2D eigenvalue weighted by Gasteiger charge is 2.43. The Morgan fingerprint density at radius 3 is 2.25 bits per heavy atom. The molecule has 0 aromatic carbocycles. The van der Waals surface area contributed by atoms with E-state index in [1.165, 1.54) is 0 Å². The number of rotatable bonds is 6. The summed E-state index contributed by atoms with van der Waals surface area (Å²) in [4.78, 5) is 38.8. The van der Waals surface area contributed by atoms with E-state index in [-0.39, 0.29) is 0 Å². The topological polar surface area (TPSA) is 141 Å². The highest BCUT2D eigenvalue weighted by molar-refractivity contribution is 7.67. The smallest absolute Gasteiger partial charge is 0.376 e. The Hall–Kier alpha value is -0.810. The molecule has 0 saturated heterocycles. The molecule has 0 aliphatic rings. The first kappa shape index (κ1) is 15.2. The number of aliphatic carboxylic acids is 1. The fraction of sp³-hybridized carbons (Fsp3) is 0.667. The molecule has 92 valence electrons. The van der Waals surface area contributed by atoms with Crippen molar-refractivity contribution in [1.82, 2.24) is 5.32 Å². The Balaban J connectivity index is 4.43. The number of hydrogen-bond acceptors (Lipinski definition) is 4. The van der Waals surface area contributed by atoms with Gasteiger partial charge in [-0.15, -0.1) is 0 Å². The summed E-state index contributed by atoms with van der Waals surface area (Å²) >= 11 is 0. The van der Waals surface area contributed by atoms with Gasteiger partial charge in [0.05, 0.1) is 6.42 Å². The lowest BCUT2D eigenvalue weighted by Gasteiger charge is -2.08. The highest BCUT2D eigenvalue weighted by atomic mass is 31.2. The van der Waals surface area contributed by atoms with Gasteiger partial charge in [0.2, 0.25) is 5.91 Å². The number of carboxylic acid groups (broad SMARTS) is 1. The molecule has 0 aliphatic heterocycles.